The molecule has 0 spiro atoms. The van der Waals surface area contributed by atoms with Gasteiger partial charge in [0.25, 0.3) is 5.91 Å². The normalized spacial score (nSPS) is 15.1. The summed E-state index contributed by atoms with van der Waals surface area (Å²) in [6.07, 6.45) is 1.09. The Labute approximate surface area is 186 Å². The van der Waals surface area contributed by atoms with Crippen LogP contribution in [0.5, 0.6) is 0 Å². The molecule has 0 aliphatic carbocycles. The summed E-state index contributed by atoms with van der Waals surface area (Å²) in [5.74, 6) is -0.0863. The zero-order chi connectivity index (χ0) is 21.8. The van der Waals surface area contributed by atoms with Gasteiger partial charge in [0.2, 0.25) is 10.0 Å². The van der Waals surface area contributed by atoms with Crippen LogP contribution in [0.15, 0.2) is 60.0 Å². The second kappa shape index (κ2) is 9.17. The van der Waals surface area contributed by atoms with E-state index in [2.05, 4.69) is 27.1 Å². The van der Waals surface area contributed by atoms with Crippen LogP contribution in [0.4, 0.5) is 5.69 Å². The highest BCUT2D eigenvalue weighted by Crippen LogP contribution is 2.24. The Morgan fingerprint density at radius 3 is 2.52 bits per heavy atom. The van der Waals surface area contributed by atoms with Gasteiger partial charge in [-0.25, -0.2) is 13.4 Å². The van der Waals surface area contributed by atoms with E-state index in [9.17, 15) is 13.2 Å². The number of nitrogens with one attached hydrogen (secondary N) is 1. The maximum Gasteiger partial charge on any atom is 0.254 e. The summed E-state index contributed by atoms with van der Waals surface area (Å²) in [7, 11) is -3.38. The summed E-state index contributed by atoms with van der Waals surface area (Å²) in [6.45, 7) is 3.55. The number of thiazole rings is 1. The molecule has 0 atom stereocenters. The fraction of sp³-hybridized carbons (Fsp3) is 0.273. The quantitative estimate of drug-likeness (QED) is 0.616. The molecule has 2 aromatic carbocycles. The van der Waals surface area contributed by atoms with Gasteiger partial charge >= 0.3 is 0 Å². The van der Waals surface area contributed by atoms with Crippen LogP contribution in [0.2, 0.25) is 0 Å². The van der Waals surface area contributed by atoms with Crippen molar-refractivity contribution in [1.29, 1.82) is 0 Å². The second-order valence-electron chi connectivity index (χ2n) is 7.53. The van der Waals surface area contributed by atoms with E-state index in [1.165, 1.54) is 0 Å². The van der Waals surface area contributed by atoms with Crippen molar-refractivity contribution in [2.24, 2.45) is 0 Å². The lowest BCUT2D eigenvalue weighted by Gasteiger charge is -2.34. The van der Waals surface area contributed by atoms with Crippen LogP contribution < -0.4 is 4.72 Å². The maximum atomic E-state index is 12.9. The smallest absolute Gasteiger partial charge is 0.254 e. The van der Waals surface area contributed by atoms with Gasteiger partial charge < -0.3 is 4.90 Å². The van der Waals surface area contributed by atoms with Crippen LogP contribution >= 0.6 is 11.3 Å². The molecule has 1 amide bonds. The summed E-state index contributed by atoms with van der Waals surface area (Å²) < 4.78 is 25.3. The first-order valence-electron chi connectivity index (χ1n) is 9.97. The minimum atomic E-state index is -3.38. The minimum Gasteiger partial charge on any atom is -0.336 e. The number of aromatic nitrogens is 1. The largest absolute Gasteiger partial charge is 0.336 e. The minimum absolute atomic E-state index is 0.0863. The standard InChI is InChI=1S/C22H24N4O3S2/c1-31(28,29)24-19-9-5-8-18(14-19)22(27)26-12-10-25(11-13-26)15-20-16-30-21(23-20)17-6-3-2-4-7-17/h2-9,14,16,24H,10-13,15H2,1H3. The molecule has 3 aromatic rings. The number of piperazine rings is 1. The van der Waals surface area contributed by atoms with Crippen LogP contribution in [0, 0.1) is 0 Å². The van der Waals surface area contributed by atoms with Gasteiger partial charge in [-0.2, -0.15) is 0 Å². The summed E-state index contributed by atoms with van der Waals surface area (Å²) in [4.78, 5) is 21.7. The summed E-state index contributed by atoms with van der Waals surface area (Å²) >= 11 is 1.65. The summed E-state index contributed by atoms with van der Waals surface area (Å²) in [5, 5.41) is 3.12. The third kappa shape index (κ3) is 5.69. The molecule has 1 saturated heterocycles. The van der Waals surface area contributed by atoms with Crippen LogP contribution in [0.25, 0.3) is 10.6 Å². The molecule has 0 saturated carbocycles. The molecule has 2 heterocycles. The van der Waals surface area contributed by atoms with Gasteiger partial charge in [0, 0.05) is 54.9 Å². The number of hydrogen-bond donors (Lipinski definition) is 1. The number of anilines is 1. The fourth-order valence-corrected chi connectivity index (χ4v) is 4.92. The second-order valence-corrected chi connectivity index (χ2v) is 10.1. The zero-order valence-electron chi connectivity index (χ0n) is 17.2. The molecule has 1 fully saturated rings. The lowest BCUT2D eigenvalue weighted by molar-refractivity contribution is 0.0627. The van der Waals surface area contributed by atoms with Crippen LogP contribution in [0.1, 0.15) is 16.1 Å². The van der Waals surface area contributed by atoms with Gasteiger partial charge in [0.05, 0.1) is 11.9 Å². The van der Waals surface area contributed by atoms with E-state index >= 15 is 0 Å². The van der Waals surface area contributed by atoms with Gasteiger partial charge in [-0.15, -0.1) is 11.3 Å². The average molecular weight is 457 g/mol. The molecule has 0 bridgehead atoms. The number of nitrogens with zero attached hydrogens (tertiary/aromatic N) is 3. The zero-order valence-corrected chi connectivity index (χ0v) is 18.8. The number of carbonyl (C=O) groups excluding carboxylic acids is 1. The van der Waals surface area contributed by atoms with Crippen molar-refractivity contribution in [1.82, 2.24) is 14.8 Å². The Morgan fingerprint density at radius 1 is 1.06 bits per heavy atom. The van der Waals surface area contributed by atoms with E-state index in [0.29, 0.717) is 24.3 Å². The number of hydrogen-bond acceptors (Lipinski definition) is 6. The SMILES string of the molecule is CS(=O)(=O)Nc1cccc(C(=O)N2CCN(Cc3csc(-c4ccccc4)n3)CC2)c1. The first kappa shape index (κ1) is 21.5. The third-order valence-corrected chi connectivity index (χ3v) is 6.58. The summed E-state index contributed by atoms with van der Waals surface area (Å²) in [6, 6.07) is 16.8. The number of carbonyl (C=O) groups is 1. The topological polar surface area (TPSA) is 82.6 Å². The van der Waals surface area contributed by atoms with Gasteiger partial charge in [-0.1, -0.05) is 36.4 Å². The highest BCUT2D eigenvalue weighted by Gasteiger charge is 2.23. The van der Waals surface area contributed by atoms with Gasteiger partial charge in [0.1, 0.15) is 5.01 Å². The van der Waals surface area contributed by atoms with Crippen LogP contribution in [0.3, 0.4) is 0 Å². The molecule has 1 aliphatic heterocycles. The molecule has 7 nitrogen and oxygen atoms in total. The Balaban J connectivity index is 1.33. The molecule has 1 aliphatic rings. The third-order valence-electron chi connectivity index (χ3n) is 5.03. The highest BCUT2D eigenvalue weighted by atomic mass is 32.2. The number of benzene rings is 2. The van der Waals surface area contributed by atoms with Crippen molar-refractivity contribution >= 4 is 33.0 Å². The van der Waals surface area contributed by atoms with Crippen molar-refractivity contribution in [3.05, 3.63) is 71.2 Å². The van der Waals surface area contributed by atoms with Gasteiger partial charge in [-0.3, -0.25) is 14.4 Å². The van der Waals surface area contributed by atoms with Crippen molar-refractivity contribution in [2.75, 3.05) is 37.2 Å². The molecule has 0 unspecified atom stereocenters. The van der Waals surface area contributed by atoms with Crippen molar-refractivity contribution < 1.29 is 13.2 Å². The Hall–Kier alpha value is -2.75. The van der Waals surface area contributed by atoms with E-state index in [1.54, 1.807) is 35.6 Å². The van der Waals surface area contributed by atoms with E-state index in [4.69, 9.17) is 4.98 Å². The Morgan fingerprint density at radius 2 is 1.81 bits per heavy atom. The first-order chi connectivity index (χ1) is 14.9. The van der Waals surface area contributed by atoms with Crippen molar-refractivity contribution in [3.8, 4) is 10.6 Å². The molecule has 1 N–H and O–H groups in total. The highest BCUT2D eigenvalue weighted by molar-refractivity contribution is 7.92. The lowest BCUT2D eigenvalue weighted by Crippen LogP contribution is -2.48. The van der Waals surface area contributed by atoms with Crippen molar-refractivity contribution in [3.63, 3.8) is 0 Å². The predicted octanol–water partition coefficient (Wildman–Crippen LogP) is 3.14. The molecule has 4 rings (SSSR count). The monoisotopic (exact) mass is 456 g/mol. The Bertz CT molecular complexity index is 1150. The molecular weight excluding hydrogens is 432 g/mol. The van der Waals surface area contributed by atoms with Crippen LogP contribution in [-0.2, 0) is 16.6 Å². The van der Waals surface area contributed by atoms with Crippen LogP contribution in [-0.4, -0.2) is 61.5 Å². The number of sulfonamides is 1. The molecule has 31 heavy (non-hydrogen) atoms. The lowest BCUT2D eigenvalue weighted by atomic mass is 10.1. The average Bonchev–Trinajstić information content (AvgIpc) is 3.22. The number of rotatable bonds is 6. The van der Waals surface area contributed by atoms with E-state index in [-0.39, 0.29) is 5.91 Å². The molecule has 1 aromatic heterocycles. The molecule has 9 heteroatoms. The predicted molar refractivity (Wildman–Crippen MR) is 124 cm³/mol. The van der Waals surface area contributed by atoms with E-state index < -0.39 is 10.0 Å². The maximum absolute atomic E-state index is 12.9. The van der Waals surface area contributed by atoms with Gasteiger partial charge in [-0.05, 0) is 18.2 Å². The van der Waals surface area contributed by atoms with Gasteiger partial charge in [0.15, 0.2) is 0 Å². The molecule has 0 radical (unpaired) electrons. The Kier molecular flexibility index (Phi) is 6.35. The number of amides is 1. The molecule has 162 valence electrons. The van der Waals surface area contributed by atoms with Crippen molar-refractivity contribution in [2.45, 2.75) is 6.54 Å². The fourth-order valence-electron chi connectivity index (χ4n) is 3.54. The van der Waals surface area contributed by atoms with E-state index in [0.717, 1.165) is 42.2 Å². The van der Waals surface area contributed by atoms with E-state index in [1.807, 2.05) is 23.1 Å². The first-order valence-corrected chi connectivity index (χ1v) is 12.7. The molecular formula is C22H24N4O3S2. The summed E-state index contributed by atoms with van der Waals surface area (Å²) in [5.41, 5.74) is 3.05.